The fourth-order valence-corrected chi connectivity index (χ4v) is 4.60. The molecule has 1 unspecified atom stereocenters. The molecule has 0 spiro atoms. The third-order valence-electron chi connectivity index (χ3n) is 5.80. The van der Waals surface area contributed by atoms with Gasteiger partial charge in [0.15, 0.2) is 5.82 Å². The minimum absolute atomic E-state index is 0.0600. The number of aromatic nitrogens is 3. The van der Waals surface area contributed by atoms with E-state index in [0.29, 0.717) is 22.6 Å². The van der Waals surface area contributed by atoms with Crippen molar-refractivity contribution in [2.75, 3.05) is 20.2 Å². The molecular formula is C23H19Cl2FN4O. The number of likely N-dealkylation sites (N-methyl/N-ethyl adjacent to an activating group) is 1. The number of fused-ring (bicyclic) bond motifs is 2. The van der Waals surface area contributed by atoms with Gasteiger partial charge in [0.25, 0.3) is 0 Å². The van der Waals surface area contributed by atoms with Crippen molar-refractivity contribution in [3.63, 3.8) is 0 Å². The molecule has 5 nitrogen and oxygen atoms in total. The fourth-order valence-electron chi connectivity index (χ4n) is 4.11. The van der Waals surface area contributed by atoms with Crippen LogP contribution in [0.15, 0.2) is 42.6 Å². The number of nitrogens with zero attached hydrogens (tertiary/aromatic N) is 4. The molecule has 158 valence electrons. The molecule has 4 aromatic rings. The molecule has 3 heterocycles. The van der Waals surface area contributed by atoms with Crippen LogP contribution in [0.3, 0.4) is 0 Å². The second kappa shape index (κ2) is 8.19. The van der Waals surface area contributed by atoms with E-state index in [1.165, 1.54) is 6.20 Å². The van der Waals surface area contributed by atoms with Gasteiger partial charge in [-0.1, -0.05) is 53.5 Å². The highest BCUT2D eigenvalue weighted by molar-refractivity contribution is 6.36. The normalized spacial score (nSPS) is 17.0. The van der Waals surface area contributed by atoms with Gasteiger partial charge in [-0.15, -0.1) is 0 Å². The van der Waals surface area contributed by atoms with Gasteiger partial charge in [0, 0.05) is 28.2 Å². The molecule has 1 aliphatic rings. The van der Waals surface area contributed by atoms with Crippen LogP contribution in [-0.2, 0) is 0 Å². The molecule has 2 aromatic carbocycles. The second-order valence-corrected chi connectivity index (χ2v) is 8.48. The van der Waals surface area contributed by atoms with Gasteiger partial charge < -0.3 is 9.64 Å². The first-order valence-electron chi connectivity index (χ1n) is 10.1. The summed E-state index contributed by atoms with van der Waals surface area (Å²) in [6.07, 6.45) is 3.66. The predicted octanol–water partition coefficient (Wildman–Crippen LogP) is 5.76. The summed E-state index contributed by atoms with van der Waals surface area (Å²) in [4.78, 5) is 15.1. The van der Waals surface area contributed by atoms with Crippen molar-refractivity contribution in [3.05, 3.63) is 58.6 Å². The predicted molar refractivity (Wildman–Crippen MR) is 121 cm³/mol. The van der Waals surface area contributed by atoms with Crippen LogP contribution in [0.4, 0.5) is 4.39 Å². The smallest absolute Gasteiger partial charge is 0.318 e. The van der Waals surface area contributed by atoms with Crippen LogP contribution >= 0.6 is 23.2 Å². The summed E-state index contributed by atoms with van der Waals surface area (Å²) < 4.78 is 21.4. The SMILES string of the molecule is CN1CCCC1COc1nc(Cl)c2cnc(-c3cccc4cccc(Cl)c34)c(F)c2n1. The van der Waals surface area contributed by atoms with Crippen molar-refractivity contribution in [1.82, 2.24) is 19.9 Å². The van der Waals surface area contributed by atoms with Crippen LogP contribution in [0.2, 0.25) is 10.2 Å². The highest BCUT2D eigenvalue weighted by Gasteiger charge is 2.23. The Morgan fingerprint density at radius 1 is 1.16 bits per heavy atom. The highest BCUT2D eigenvalue weighted by Crippen LogP contribution is 2.36. The molecule has 0 saturated carbocycles. The first kappa shape index (κ1) is 20.4. The Balaban J connectivity index is 1.59. The Hall–Kier alpha value is -2.54. The zero-order valence-corrected chi connectivity index (χ0v) is 18.3. The van der Waals surface area contributed by atoms with Gasteiger partial charge in [0.1, 0.15) is 23.0 Å². The quantitative estimate of drug-likeness (QED) is 0.365. The zero-order valence-electron chi connectivity index (χ0n) is 16.8. The van der Waals surface area contributed by atoms with E-state index in [1.54, 1.807) is 12.1 Å². The minimum Gasteiger partial charge on any atom is -0.462 e. The van der Waals surface area contributed by atoms with E-state index >= 15 is 4.39 Å². The van der Waals surface area contributed by atoms with Gasteiger partial charge in [-0.25, -0.2) is 4.39 Å². The van der Waals surface area contributed by atoms with Crippen LogP contribution in [0.5, 0.6) is 6.01 Å². The number of halogens is 3. The summed E-state index contributed by atoms with van der Waals surface area (Å²) in [7, 11) is 2.06. The highest BCUT2D eigenvalue weighted by atomic mass is 35.5. The lowest BCUT2D eigenvalue weighted by molar-refractivity contribution is 0.188. The van der Waals surface area contributed by atoms with E-state index in [-0.39, 0.29) is 28.4 Å². The van der Waals surface area contributed by atoms with Crippen molar-refractivity contribution < 1.29 is 9.13 Å². The molecular weight excluding hydrogens is 438 g/mol. The van der Waals surface area contributed by atoms with Gasteiger partial charge in [-0.2, -0.15) is 9.97 Å². The minimum atomic E-state index is -0.586. The molecule has 31 heavy (non-hydrogen) atoms. The average Bonchev–Trinajstić information content (AvgIpc) is 3.18. The molecule has 1 aliphatic heterocycles. The zero-order chi connectivity index (χ0) is 21.5. The first-order valence-corrected chi connectivity index (χ1v) is 10.8. The van der Waals surface area contributed by atoms with Gasteiger partial charge >= 0.3 is 6.01 Å². The summed E-state index contributed by atoms with van der Waals surface area (Å²) in [6.45, 7) is 1.46. The van der Waals surface area contributed by atoms with Crippen LogP contribution in [0, 0.1) is 5.82 Å². The summed E-state index contributed by atoms with van der Waals surface area (Å²) in [5.41, 5.74) is 0.818. The molecule has 2 aromatic heterocycles. The van der Waals surface area contributed by atoms with Crippen LogP contribution in [-0.4, -0.2) is 46.1 Å². The maximum Gasteiger partial charge on any atom is 0.318 e. The van der Waals surface area contributed by atoms with Crippen molar-refractivity contribution in [2.45, 2.75) is 18.9 Å². The third-order valence-corrected chi connectivity index (χ3v) is 6.41. The monoisotopic (exact) mass is 456 g/mol. The molecule has 0 N–H and O–H groups in total. The van der Waals surface area contributed by atoms with E-state index < -0.39 is 5.82 Å². The Bertz CT molecular complexity index is 1290. The first-order chi connectivity index (χ1) is 15.0. The molecule has 0 amide bonds. The Kier molecular flexibility index (Phi) is 5.38. The van der Waals surface area contributed by atoms with E-state index in [9.17, 15) is 0 Å². The molecule has 0 radical (unpaired) electrons. The van der Waals surface area contributed by atoms with Gasteiger partial charge in [-0.05, 0) is 37.9 Å². The summed E-state index contributed by atoms with van der Waals surface area (Å²) in [5, 5.41) is 2.60. The van der Waals surface area contributed by atoms with Crippen molar-refractivity contribution in [1.29, 1.82) is 0 Å². The summed E-state index contributed by atoms with van der Waals surface area (Å²) in [6, 6.07) is 11.5. The number of hydrogen-bond donors (Lipinski definition) is 0. The van der Waals surface area contributed by atoms with E-state index in [4.69, 9.17) is 27.9 Å². The molecule has 1 saturated heterocycles. The van der Waals surface area contributed by atoms with E-state index in [1.807, 2.05) is 24.3 Å². The average molecular weight is 457 g/mol. The van der Waals surface area contributed by atoms with Gasteiger partial charge in [0.2, 0.25) is 0 Å². The van der Waals surface area contributed by atoms with Crippen molar-refractivity contribution >= 4 is 44.9 Å². The van der Waals surface area contributed by atoms with Crippen LogP contribution in [0.1, 0.15) is 12.8 Å². The molecule has 1 atom stereocenters. The Morgan fingerprint density at radius 2 is 1.97 bits per heavy atom. The fraction of sp³-hybridized carbons (Fsp3) is 0.261. The number of ether oxygens (including phenoxy) is 1. The Morgan fingerprint density at radius 3 is 2.74 bits per heavy atom. The summed E-state index contributed by atoms with van der Waals surface area (Å²) >= 11 is 12.7. The second-order valence-electron chi connectivity index (χ2n) is 7.71. The molecule has 8 heteroatoms. The van der Waals surface area contributed by atoms with E-state index in [2.05, 4.69) is 26.9 Å². The molecule has 5 rings (SSSR count). The maximum absolute atomic E-state index is 15.7. The third kappa shape index (κ3) is 3.69. The largest absolute Gasteiger partial charge is 0.462 e. The van der Waals surface area contributed by atoms with Crippen molar-refractivity contribution in [3.8, 4) is 17.3 Å². The van der Waals surface area contributed by atoms with Crippen molar-refractivity contribution in [2.24, 2.45) is 0 Å². The molecule has 0 bridgehead atoms. The van der Waals surface area contributed by atoms with Gasteiger partial charge in [0.05, 0.1) is 5.39 Å². The Labute approximate surface area is 188 Å². The number of rotatable bonds is 4. The van der Waals surface area contributed by atoms with Gasteiger partial charge in [-0.3, -0.25) is 4.98 Å². The topological polar surface area (TPSA) is 51.1 Å². The van der Waals surface area contributed by atoms with E-state index in [0.717, 1.165) is 30.2 Å². The number of hydrogen-bond acceptors (Lipinski definition) is 5. The molecule has 0 aliphatic carbocycles. The van der Waals surface area contributed by atoms with Crippen LogP contribution < -0.4 is 4.74 Å². The maximum atomic E-state index is 15.7. The summed E-state index contributed by atoms with van der Waals surface area (Å²) in [5.74, 6) is -0.586. The standard InChI is InChI=1S/C23H19Cl2FN4O/c1-30-10-4-7-14(30)12-31-23-28-21-16(22(25)29-23)11-27-20(19(21)26)15-8-2-5-13-6-3-9-17(24)18(13)15/h2-3,5-6,8-9,11,14H,4,7,10,12H2,1H3. The number of likely N-dealkylation sites (tertiary alicyclic amines) is 1. The lowest BCUT2D eigenvalue weighted by Gasteiger charge is -2.19. The van der Waals surface area contributed by atoms with Crippen LogP contribution in [0.25, 0.3) is 32.9 Å². The molecule has 1 fully saturated rings. The number of pyridine rings is 1. The lowest BCUT2D eigenvalue weighted by Crippen LogP contribution is -2.30. The number of benzene rings is 2. The lowest BCUT2D eigenvalue weighted by atomic mass is 10.0.